The van der Waals surface area contributed by atoms with E-state index in [0.717, 1.165) is 108 Å². The molecule has 0 saturated carbocycles. The molecular formula is C33H50N2O3. The van der Waals surface area contributed by atoms with E-state index in [1.54, 1.807) is 14.2 Å². The highest BCUT2D eigenvalue weighted by atomic mass is 16.5. The van der Waals surface area contributed by atoms with Crippen molar-refractivity contribution in [2.24, 2.45) is 17.8 Å². The minimum absolute atomic E-state index is 0.110. The van der Waals surface area contributed by atoms with E-state index in [1.165, 1.54) is 11.1 Å². The Morgan fingerprint density at radius 2 is 1.39 bits per heavy atom. The number of carbonyl (C=O) groups excluding carboxylic acids is 1. The molecule has 0 bridgehead atoms. The molecule has 0 heterocycles. The van der Waals surface area contributed by atoms with Crippen LogP contribution in [-0.2, 0) is 11.2 Å². The van der Waals surface area contributed by atoms with Gasteiger partial charge in [-0.1, -0.05) is 44.3 Å². The highest BCUT2D eigenvalue weighted by molar-refractivity contribution is 5.48. The Balaban J connectivity index is 2.22. The van der Waals surface area contributed by atoms with Crippen molar-refractivity contribution in [1.29, 1.82) is 10.5 Å². The second-order valence-corrected chi connectivity index (χ2v) is 10.8. The van der Waals surface area contributed by atoms with Crippen LogP contribution in [0.25, 0.3) is 0 Å². The Kier molecular flexibility index (Phi) is 18.5. The number of hydrogen-bond donors (Lipinski definition) is 0. The largest absolute Gasteiger partial charge is 0.497 e. The predicted molar refractivity (Wildman–Crippen MR) is 155 cm³/mol. The van der Waals surface area contributed by atoms with E-state index in [-0.39, 0.29) is 11.8 Å². The van der Waals surface area contributed by atoms with E-state index in [0.29, 0.717) is 12.3 Å². The Morgan fingerprint density at radius 3 is 1.95 bits per heavy atom. The molecule has 0 aliphatic heterocycles. The fourth-order valence-corrected chi connectivity index (χ4v) is 4.94. The number of unbranched alkanes of at least 4 members (excludes halogenated alkanes) is 2. The SMILES string of the molecule is COc1cc(CCCC(C#N)CCCC(C)CCCC(C#N)CC/C=C(\C)CCCCC=O)cc(OC)c1. The molecule has 0 aliphatic rings. The van der Waals surface area contributed by atoms with Gasteiger partial charge >= 0.3 is 0 Å². The van der Waals surface area contributed by atoms with Crippen LogP contribution in [0.2, 0.25) is 0 Å². The monoisotopic (exact) mass is 522 g/mol. The van der Waals surface area contributed by atoms with Crippen LogP contribution in [-0.4, -0.2) is 20.5 Å². The van der Waals surface area contributed by atoms with E-state index < -0.39 is 0 Å². The fraction of sp³-hybridized carbons (Fsp3) is 0.667. The summed E-state index contributed by atoms with van der Waals surface area (Å²) in [5.41, 5.74) is 2.55. The molecule has 210 valence electrons. The molecule has 0 spiro atoms. The summed E-state index contributed by atoms with van der Waals surface area (Å²) in [5, 5.41) is 19.2. The van der Waals surface area contributed by atoms with Crippen molar-refractivity contribution in [2.45, 2.75) is 110 Å². The maximum Gasteiger partial charge on any atom is 0.122 e. The molecule has 0 aliphatic carbocycles. The summed E-state index contributed by atoms with van der Waals surface area (Å²) in [4.78, 5) is 10.4. The van der Waals surface area contributed by atoms with E-state index in [4.69, 9.17) is 9.47 Å². The third-order valence-electron chi connectivity index (χ3n) is 7.44. The molecule has 0 fully saturated rings. The number of hydrogen-bond acceptors (Lipinski definition) is 5. The molecule has 38 heavy (non-hydrogen) atoms. The highest BCUT2D eigenvalue weighted by Gasteiger charge is 2.12. The van der Waals surface area contributed by atoms with E-state index in [9.17, 15) is 15.3 Å². The molecule has 5 nitrogen and oxygen atoms in total. The van der Waals surface area contributed by atoms with Crippen molar-refractivity contribution in [1.82, 2.24) is 0 Å². The van der Waals surface area contributed by atoms with Gasteiger partial charge in [-0.3, -0.25) is 0 Å². The standard InChI is InChI=1S/C33H50N2O3/c1-27(12-6-5-7-21-36)13-8-16-29(25-34)17-9-14-28(2)15-10-18-30(26-35)19-11-20-31-22-32(37-3)24-33(23-31)38-4/h13,21-24,28-30H,5-12,14-20H2,1-4H3/b27-13+. The lowest BCUT2D eigenvalue weighted by Gasteiger charge is -2.14. The number of nitriles is 2. The van der Waals surface area contributed by atoms with Gasteiger partial charge in [-0.2, -0.15) is 10.5 Å². The first-order chi connectivity index (χ1) is 18.4. The molecule has 3 atom stereocenters. The first-order valence-electron chi connectivity index (χ1n) is 14.6. The summed E-state index contributed by atoms with van der Waals surface area (Å²) in [6.45, 7) is 4.45. The van der Waals surface area contributed by atoms with Crippen LogP contribution in [0.1, 0.15) is 109 Å². The van der Waals surface area contributed by atoms with Crippen LogP contribution in [0, 0.1) is 40.4 Å². The first-order valence-corrected chi connectivity index (χ1v) is 14.6. The molecule has 0 N–H and O–H groups in total. The lowest BCUT2D eigenvalue weighted by Crippen LogP contribution is -2.03. The molecule has 0 aromatic heterocycles. The second-order valence-electron chi connectivity index (χ2n) is 10.8. The van der Waals surface area contributed by atoms with E-state index in [1.807, 2.05) is 18.2 Å². The fourth-order valence-electron chi connectivity index (χ4n) is 4.94. The summed E-state index contributed by atoms with van der Waals surface area (Å²) in [6, 6.07) is 11.0. The van der Waals surface area contributed by atoms with Gasteiger partial charge in [0.1, 0.15) is 17.8 Å². The van der Waals surface area contributed by atoms with Gasteiger partial charge in [-0.05, 0) is 94.7 Å². The number of ether oxygens (including phenoxy) is 2. The Hall–Kier alpha value is -2.79. The van der Waals surface area contributed by atoms with Crippen molar-refractivity contribution in [3.63, 3.8) is 0 Å². The number of carbonyl (C=O) groups is 1. The molecular weight excluding hydrogens is 472 g/mol. The number of methoxy groups -OCH3 is 2. The molecule has 0 radical (unpaired) electrons. The second kappa shape index (κ2) is 21.2. The molecule has 1 aromatic rings. The molecule has 0 saturated heterocycles. The molecule has 0 amide bonds. The quantitative estimate of drug-likeness (QED) is 0.0863. The van der Waals surface area contributed by atoms with Gasteiger partial charge in [0, 0.05) is 24.3 Å². The normalized spacial score (nSPS) is 13.7. The minimum atomic E-state index is 0.110. The average Bonchev–Trinajstić information content (AvgIpc) is 2.93. The maximum atomic E-state index is 10.4. The van der Waals surface area contributed by atoms with E-state index in [2.05, 4.69) is 32.1 Å². The van der Waals surface area contributed by atoms with Gasteiger partial charge in [-0.25, -0.2) is 0 Å². The van der Waals surface area contributed by atoms with Crippen LogP contribution < -0.4 is 9.47 Å². The smallest absolute Gasteiger partial charge is 0.122 e. The molecule has 5 heteroatoms. The zero-order valence-corrected chi connectivity index (χ0v) is 24.3. The summed E-state index contributed by atoms with van der Waals surface area (Å²) >= 11 is 0. The number of aldehydes is 1. The zero-order valence-electron chi connectivity index (χ0n) is 24.3. The summed E-state index contributed by atoms with van der Waals surface area (Å²) in [5.74, 6) is 2.48. The van der Waals surface area contributed by atoms with Gasteiger partial charge in [0.15, 0.2) is 0 Å². The van der Waals surface area contributed by atoms with Crippen molar-refractivity contribution in [3.8, 4) is 23.6 Å². The molecule has 3 unspecified atom stereocenters. The van der Waals surface area contributed by atoms with Crippen LogP contribution in [0.15, 0.2) is 29.8 Å². The number of rotatable bonds is 22. The molecule has 1 rings (SSSR count). The lowest BCUT2D eigenvalue weighted by atomic mass is 9.90. The van der Waals surface area contributed by atoms with Crippen molar-refractivity contribution < 1.29 is 14.3 Å². The minimum Gasteiger partial charge on any atom is -0.497 e. The van der Waals surface area contributed by atoms with Crippen LogP contribution >= 0.6 is 0 Å². The number of allylic oxidation sites excluding steroid dienone is 2. The average molecular weight is 523 g/mol. The lowest BCUT2D eigenvalue weighted by molar-refractivity contribution is -0.107. The Labute approximate surface area is 232 Å². The summed E-state index contributed by atoms with van der Waals surface area (Å²) in [7, 11) is 3.33. The van der Waals surface area contributed by atoms with Gasteiger partial charge < -0.3 is 14.3 Å². The maximum absolute atomic E-state index is 10.4. The summed E-state index contributed by atoms with van der Waals surface area (Å²) in [6.07, 6.45) is 18.1. The number of aryl methyl sites for hydroxylation is 1. The van der Waals surface area contributed by atoms with Crippen LogP contribution in [0.4, 0.5) is 0 Å². The van der Waals surface area contributed by atoms with Gasteiger partial charge in [-0.15, -0.1) is 0 Å². The van der Waals surface area contributed by atoms with Gasteiger partial charge in [0.2, 0.25) is 0 Å². The van der Waals surface area contributed by atoms with E-state index >= 15 is 0 Å². The summed E-state index contributed by atoms with van der Waals surface area (Å²) < 4.78 is 10.7. The van der Waals surface area contributed by atoms with Crippen LogP contribution in [0.3, 0.4) is 0 Å². The Bertz CT molecular complexity index is 874. The number of nitrogens with zero attached hydrogens (tertiary/aromatic N) is 2. The topological polar surface area (TPSA) is 83.1 Å². The predicted octanol–water partition coefficient (Wildman–Crippen LogP) is 8.77. The van der Waals surface area contributed by atoms with Gasteiger partial charge in [0.25, 0.3) is 0 Å². The molecule has 1 aromatic carbocycles. The highest BCUT2D eigenvalue weighted by Crippen LogP contribution is 2.26. The van der Waals surface area contributed by atoms with Crippen molar-refractivity contribution in [3.05, 3.63) is 35.4 Å². The number of benzene rings is 1. The zero-order chi connectivity index (χ0) is 28.0. The van der Waals surface area contributed by atoms with Crippen molar-refractivity contribution in [2.75, 3.05) is 14.2 Å². The third-order valence-corrected chi connectivity index (χ3v) is 7.44. The first kappa shape index (κ1) is 33.2. The Morgan fingerprint density at radius 1 is 0.816 bits per heavy atom. The van der Waals surface area contributed by atoms with Gasteiger partial charge in [0.05, 0.1) is 26.4 Å². The van der Waals surface area contributed by atoms with Crippen LogP contribution in [0.5, 0.6) is 11.5 Å². The third kappa shape index (κ3) is 15.5. The van der Waals surface area contributed by atoms with Crippen molar-refractivity contribution >= 4 is 6.29 Å².